The van der Waals surface area contributed by atoms with Gasteiger partial charge in [0.05, 0.1) is 0 Å². The highest BCUT2D eigenvalue weighted by atomic mass is 35.5. The largest absolute Gasteiger partial charge is 0.465 e. The van der Waals surface area contributed by atoms with E-state index in [1.165, 1.54) is 4.90 Å². The van der Waals surface area contributed by atoms with Crippen LogP contribution in [0.25, 0.3) is 0 Å². The van der Waals surface area contributed by atoms with Crippen LogP contribution in [0.2, 0.25) is 5.28 Å². The molecule has 0 unspecified atom stereocenters. The fraction of sp³-hybridized carbons (Fsp3) is 0.615. The second-order valence-corrected chi connectivity index (χ2v) is 6.25. The molecule has 0 radical (unpaired) electrons. The summed E-state index contributed by atoms with van der Waals surface area (Å²) in [6.07, 6.45) is 3.55. The van der Waals surface area contributed by atoms with Crippen LogP contribution in [-0.2, 0) is 6.54 Å². The van der Waals surface area contributed by atoms with Crippen LogP contribution >= 0.6 is 11.6 Å². The summed E-state index contributed by atoms with van der Waals surface area (Å²) in [5.41, 5.74) is 1.24. The number of carbonyl (C=O) groups is 1. The number of hydrogen-bond donors (Lipinski definition) is 1. The molecule has 20 heavy (non-hydrogen) atoms. The topological polar surface area (TPSA) is 69.6 Å². The van der Waals surface area contributed by atoms with E-state index in [0.29, 0.717) is 13.1 Å². The summed E-state index contributed by atoms with van der Waals surface area (Å²) in [5.74, 6) is 0. The standard InChI is InChI=1S/C13H17ClN4O2/c1-13-2-3-17(12(19)20)7-10(13)18(8-13)6-9-4-15-11(14)16-5-9/h4-5,10H,2-3,6-8H2,1H3,(H,19,20)/t10-,13-/m0/s1. The third-order valence-electron chi connectivity index (χ3n) is 4.49. The van der Waals surface area contributed by atoms with E-state index in [1.807, 2.05) is 0 Å². The van der Waals surface area contributed by atoms with Gasteiger partial charge in [-0.15, -0.1) is 0 Å². The number of rotatable bonds is 2. The van der Waals surface area contributed by atoms with Gasteiger partial charge in [0.25, 0.3) is 0 Å². The zero-order valence-corrected chi connectivity index (χ0v) is 12.0. The molecule has 2 aliphatic heterocycles. The third kappa shape index (κ3) is 2.33. The zero-order valence-electron chi connectivity index (χ0n) is 11.3. The van der Waals surface area contributed by atoms with E-state index in [1.54, 1.807) is 12.4 Å². The highest BCUT2D eigenvalue weighted by molar-refractivity contribution is 6.28. The maximum Gasteiger partial charge on any atom is 0.407 e. The van der Waals surface area contributed by atoms with Crippen LogP contribution in [0.15, 0.2) is 12.4 Å². The molecular formula is C13H17ClN4O2. The zero-order chi connectivity index (χ0) is 14.3. The van der Waals surface area contributed by atoms with E-state index in [2.05, 4.69) is 21.8 Å². The quantitative estimate of drug-likeness (QED) is 0.841. The number of amides is 1. The Morgan fingerprint density at radius 1 is 1.55 bits per heavy atom. The lowest BCUT2D eigenvalue weighted by Crippen LogP contribution is -2.69. The lowest BCUT2D eigenvalue weighted by molar-refractivity contribution is -0.110. The lowest BCUT2D eigenvalue weighted by atomic mass is 9.68. The van der Waals surface area contributed by atoms with Crippen molar-refractivity contribution in [1.82, 2.24) is 19.8 Å². The normalized spacial score (nSPS) is 29.7. The average molecular weight is 297 g/mol. The van der Waals surface area contributed by atoms with Crippen LogP contribution in [0, 0.1) is 5.41 Å². The summed E-state index contributed by atoms with van der Waals surface area (Å²) in [5, 5.41) is 9.38. The molecule has 0 saturated carbocycles. The van der Waals surface area contributed by atoms with Gasteiger partial charge in [-0.3, -0.25) is 4.90 Å². The Morgan fingerprint density at radius 3 is 2.90 bits per heavy atom. The van der Waals surface area contributed by atoms with Gasteiger partial charge in [-0.2, -0.15) is 0 Å². The van der Waals surface area contributed by atoms with Gasteiger partial charge in [-0.05, 0) is 23.4 Å². The predicted octanol–water partition coefficient (Wildman–Crippen LogP) is 1.70. The van der Waals surface area contributed by atoms with E-state index in [4.69, 9.17) is 16.7 Å². The molecule has 2 fully saturated rings. The molecule has 2 saturated heterocycles. The number of halogens is 1. The van der Waals surface area contributed by atoms with Crippen molar-refractivity contribution in [3.8, 4) is 0 Å². The first kappa shape index (κ1) is 13.6. The fourth-order valence-corrected chi connectivity index (χ4v) is 3.37. The predicted molar refractivity (Wildman–Crippen MR) is 73.6 cm³/mol. The molecule has 2 aliphatic rings. The maximum atomic E-state index is 11.1. The minimum atomic E-state index is -0.825. The van der Waals surface area contributed by atoms with Gasteiger partial charge in [-0.25, -0.2) is 14.8 Å². The van der Waals surface area contributed by atoms with Gasteiger partial charge >= 0.3 is 6.09 Å². The van der Waals surface area contributed by atoms with Gasteiger partial charge in [0.2, 0.25) is 5.28 Å². The summed E-state index contributed by atoms with van der Waals surface area (Å²) in [7, 11) is 0. The first-order valence-corrected chi connectivity index (χ1v) is 7.04. The van der Waals surface area contributed by atoms with Crippen molar-refractivity contribution in [3.05, 3.63) is 23.2 Å². The summed E-state index contributed by atoms with van der Waals surface area (Å²) < 4.78 is 0. The van der Waals surface area contributed by atoms with E-state index >= 15 is 0 Å². The van der Waals surface area contributed by atoms with Crippen molar-refractivity contribution >= 4 is 17.7 Å². The summed E-state index contributed by atoms with van der Waals surface area (Å²) in [4.78, 5) is 22.9. The number of aromatic nitrogens is 2. The molecule has 1 aromatic heterocycles. The first-order chi connectivity index (χ1) is 9.48. The Bertz CT molecular complexity index is 524. The highest BCUT2D eigenvalue weighted by Crippen LogP contribution is 2.44. The van der Waals surface area contributed by atoms with Crippen LogP contribution < -0.4 is 0 Å². The van der Waals surface area contributed by atoms with Crippen LogP contribution in [0.5, 0.6) is 0 Å². The SMILES string of the molecule is C[C@@]12CCN(C(=O)O)C[C@@H]1N(Cc1cnc(Cl)nc1)C2. The monoisotopic (exact) mass is 296 g/mol. The van der Waals surface area contributed by atoms with Gasteiger partial charge in [-0.1, -0.05) is 6.92 Å². The summed E-state index contributed by atoms with van der Waals surface area (Å²) in [6, 6.07) is 0.281. The molecule has 3 heterocycles. The maximum absolute atomic E-state index is 11.1. The molecule has 108 valence electrons. The Balaban J connectivity index is 1.67. The number of likely N-dealkylation sites (tertiary alicyclic amines) is 2. The Morgan fingerprint density at radius 2 is 2.25 bits per heavy atom. The number of nitrogens with zero attached hydrogens (tertiary/aromatic N) is 4. The lowest BCUT2D eigenvalue weighted by Gasteiger charge is -2.60. The number of hydrogen-bond acceptors (Lipinski definition) is 4. The fourth-order valence-electron chi connectivity index (χ4n) is 3.27. The minimum absolute atomic E-state index is 0.235. The second-order valence-electron chi connectivity index (χ2n) is 5.91. The summed E-state index contributed by atoms with van der Waals surface area (Å²) in [6.45, 7) is 5.20. The molecule has 3 rings (SSSR count). The second kappa shape index (κ2) is 4.86. The smallest absolute Gasteiger partial charge is 0.407 e. The third-order valence-corrected chi connectivity index (χ3v) is 4.68. The van der Waals surface area contributed by atoms with Crippen molar-refractivity contribution in [2.75, 3.05) is 19.6 Å². The van der Waals surface area contributed by atoms with Gasteiger partial charge in [0, 0.05) is 50.2 Å². The van der Waals surface area contributed by atoms with Crippen LogP contribution in [0.1, 0.15) is 18.9 Å². The number of piperidine rings is 1. The molecule has 7 heteroatoms. The highest BCUT2D eigenvalue weighted by Gasteiger charge is 2.52. The molecular weight excluding hydrogens is 280 g/mol. The van der Waals surface area contributed by atoms with Crippen molar-refractivity contribution in [2.45, 2.75) is 25.9 Å². The van der Waals surface area contributed by atoms with Crippen LogP contribution in [0.4, 0.5) is 4.79 Å². The van der Waals surface area contributed by atoms with E-state index in [-0.39, 0.29) is 16.7 Å². The van der Waals surface area contributed by atoms with E-state index < -0.39 is 6.09 Å². The van der Waals surface area contributed by atoms with E-state index in [0.717, 1.165) is 25.1 Å². The van der Waals surface area contributed by atoms with Gasteiger partial charge in [0.1, 0.15) is 0 Å². The first-order valence-electron chi connectivity index (χ1n) is 6.66. The molecule has 1 amide bonds. The minimum Gasteiger partial charge on any atom is -0.465 e. The number of carboxylic acid groups (broad SMARTS) is 1. The van der Waals surface area contributed by atoms with Crippen LogP contribution in [-0.4, -0.2) is 56.6 Å². The summed E-state index contributed by atoms with van der Waals surface area (Å²) >= 11 is 5.68. The molecule has 0 aromatic carbocycles. The van der Waals surface area contributed by atoms with Crippen molar-refractivity contribution in [3.63, 3.8) is 0 Å². The van der Waals surface area contributed by atoms with Gasteiger partial charge < -0.3 is 10.0 Å². The van der Waals surface area contributed by atoms with Crippen molar-refractivity contribution in [2.24, 2.45) is 5.41 Å². The molecule has 6 nitrogen and oxygen atoms in total. The molecule has 2 atom stereocenters. The van der Waals surface area contributed by atoms with Crippen molar-refractivity contribution < 1.29 is 9.90 Å². The molecule has 0 spiro atoms. The van der Waals surface area contributed by atoms with Crippen LogP contribution in [0.3, 0.4) is 0 Å². The molecule has 1 N–H and O–H groups in total. The molecule has 0 aliphatic carbocycles. The van der Waals surface area contributed by atoms with Crippen molar-refractivity contribution in [1.29, 1.82) is 0 Å². The Hall–Kier alpha value is -1.40. The average Bonchev–Trinajstić information content (AvgIpc) is 2.39. The molecule has 0 bridgehead atoms. The Kier molecular flexibility index (Phi) is 3.30. The number of fused-ring (bicyclic) bond motifs is 1. The van der Waals surface area contributed by atoms with Gasteiger partial charge in [0.15, 0.2) is 0 Å². The Labute approximate surface area is 122 Å². The molecule has 1 aromatic rings. The van der Waals surface area contributed by atoms with E-state index in [9.17, 15) is 4.79 Å².